The number of aromatic nitrogens is 3. The fourth-order valence-corrected chi connectivity index (χ4v) is 6.98. The second-order valence-electron chi connectivity index (χ2n) is 11.2. The Balaban J connectivity index is 1.92. The van der Waals surface area contributed by atoms with Gasteiger partial charge < -0.3 is 18.4 Å². The molecule has 2 aromatic heterocycles. The minimum absolute atomic E-state index is 0.0972. The molecule has 2 N–H and O–H groups in total. The number of amides is 1. The van der Waals surface area contributed by atoms with Gasteiger partial charge in [-0.1, -0.05) is 27.7 Å². The highest BCUT2D eigenvalue weighted by Crippen LogP contribution is 2.50. The SMILES string of the molecule is CC[C@H]1O[C@@H](n2cc(I)c3c(=O)[nH]c(NC(=O)C(C)(C)C)nc32)C[C@H]1OP(OCCC#N)N(C(C)C)C(C)C. The molecule has 0 aliphatic carbocycles. The third kappa shape index (κ3) is 7.57. The molecule has 0 bridgehead atoms. The molecular weight excluding hydrogens is 634 g/mol. The first-order chi connectivity index (χ1) is 18.3. The van der Waals surface area contributed by atoms with Gasteiger partial charge >= 0.3 is 0 Å². The van der Waals surface area contributed by atoms with Crippen molar-refractivity contribution in [3.63, 3.8) is 0 Å². The van der Waals surface area contributed by atoms with E-state index in [1.54, 1.807) is 20.8 Å². The fraction of sp³-hybridized carbons (Fsp3) is 0.692. The number of anilines is 1. The number of aromatic amines is 1. The summed E-state index contributed by atoms with van der Waals surface area (Å²) in [5.41, 5.74) is -0.541. The average Bonchev–Trinajstić information content (AvgIpc) is 3.38. The van der Waals surface area contributed by atoms with Gasteiger partial charge in [-0.2, -0.15) is 10.2 Å². The second kappa shape index (κ2) is 13.4. The first-order valence-corrected chi connectivity index (χ1v) is 15.5. The number of rotatable bonds is 11. The van der Waals surface area contributed by atoms with Crippen LogP contribution in [0.15, 0.2) is 11.0 Å². The Labute approximate surface area is 245 Å². The number of nitrogens with zero attached hydrogens (tertiary/aromatic N) is 4. The molecular formula is C26H40IN6O5P. The second-order valence-corrected chi connectivity index (χ2v) is 13.7. The van der Waals surface area contributed by atoms with Crippen LogP contribution in [0.2, 0.25) is 0 Å². The Morgan fingerprint density at radius 2 is 2.05 bits per heavy atom. The molecule has 1 aliphatic rings. The minimum atomic E-state index is -1.43. The van der Waals surface area contributed by atoms with Crippen molar-refractivity contribution in [2.75, 3.05) is 11.9 Å². The van der Waals surface area contributed by atoms with Gasteiger partial charge in [0.1, 0.15) is 6.23 Å². The van der Waals surface area contributed by atoms with Crippen LogP contribution in [-0.4, -0.2) is 56.0 Å². The number of H-pyrrole nitrogens is 1. The molecule has 1 saturated heterocycles. The third-order valence-electron chi connectivity index (χ3n) is 6.33. The molecule has 2 aromatic rings. The number of hydrogen-bond acceptors (Lipinski definition) is 8. The molecule has 216 valence electrons. The van der Waals surface area contributed by atoms with E-state index in [2.05, 4.69) is 76.3 Å². The lowest BCUT2D eigenvalue weighted by atomic mass is 9.96. The number of ether oxygens (including phenoxy) is 1. The lowest BCUT2D eigenvalue weighted by Gasteiger charge is -2.37. The van der Waals surface area contributed by atoms with E-state index in [0.29, 0.717) is 24.1 Å². The zero-order valence-corrected chi connectivity index (χ0v) is 27.0. The van der Waals surface area contributed by atoms with E-state index in [-0.39, 0.29) is 48.1 Å². The van der Waals surface area contributed by atoms with Gasteiger partial charge in [0.25, 0.3) is 14.1 Å². The van der Waals surface area contributed by atoms with Gasteiger partial charge in [-0.15, -0.1) is 0 Å². The largest absolute Gasteiger partial charge is 0.352 e. The molecule has 0 spiro atoms. The summed E-state index contributed by atoms with van der Waals surface area (Å²) in [7, 11) is -1.43. The summed E-state index contributed by atoms with van der Waals surface area (Å²) in [6.45, 7) is 16.1. The lowest BCUT2D eigenvalue weighted by molar-refractivity contribution is -0.123. The van der Waals surface area contributed by atoms with E-state index in [1.165, 1.54) is 0 Å². The highest BCUT2D eigenvalue weighted by molar-refractivity contribution is 14.1. The van der Waals surface area contributed by atoms with Crippen LogP contribution in [0, 0.1) is 20.3 Å². The lowest BCUT2D eigenvalue weighted by Crippen LogP contribution is -2.35. The van der Waals surface area contributed by atoms with Gasteiger partial charge in [0.05, 0.1) is 36.7 Å². The van der Waals surface area contributed by atoms with Crippen LogP contribution < -0.4 is 10.9 Å². The molecule has 13 heteroatoms. The molecule has 1 unspecified atom stereocenters. The summed E-state index contributed by atoms with van der Waals surface area (Å²) in [6.07, 6.45) is 2.51. The number of fused-ring (bicyclic) bond motifs is 1. The maximum atomic E-state index is 13.0. The van der Waals surface area contributed by atoms with E-state index in [9.17, 15) is 9.59 Å². The Morgan fingerprint density at radius 3 is 2.62 bits per heavy atom. The van der Waals surface area contributed by atoms with Crippen molar-refractivity contribution in [1.29, 1.82) is 5.26 Å². The molecule has 39 heavy (non-hydrogen) atoms. The number of carbonyl (C=O) groups excluding carboxylic acids is 1. The monoisotopic (exact) mass is 674 g/mol. The number of halogens is 1. The highest BCUT2D eigenvalue weighted by Gasteiger charge is 2.41. The van der Waals surface area contributed by atoms with Gasteiger partial charge in [-0.3, -0.25) is 19.9 Å². The van der Waals surface area contributed by atoms with Crippen LogP contribution in [0.1, 0.15) is 80.9 Å². The molecule has 1 fully saturated rings. The normalized spacial score (nSPS) is 20.7. The molecule has 0 radical (unpaired) electrons. The number of carbonyl (C=O) groups is 1. The van der Waals surface area contributed by atoms with Crippen molar-refractivity contribution in [2.45, 2.75) is 105 Å². The summed E-state index contributed by atoms with van der Waals surface area (Å²) >= 11 is 2.12. The van der Waals surface area contributed by atoms with Crippen molar-refractivity contribution in [3.8, 4) is 6.07 Å². The van der Waals surface area contributed by atoms with Crippen LogP contribution in [0.25, 0.3) is 11.0 Å². The Kier molecular flexibility index (Phi) is 10.9. The number of nitriles is 1. The average molecular weight is 675 g/mol. The quantitative estimate of drug-likeness (QED) is 0.177. The van der Waals surface area contributed by atoms with E-state index in [1.807, 2.05) is 17.7 Å². The summed E-state index contributed by atoms with van der Waals surface area (Å²) in [5.74, 6) is -0.154. The van der Waals surface area contributed by atoms with Crippen molar-refractivity contribution in [3.05, 3.63) is 20.1 Å². The highest BCUT2D eigenvalue weighted by atomic mass is 127. The molecule has 0 saturated carbocycles. The van der Waals surface area contributed by atoms with Crippen molar-refractivity contribution >= 4 is 54.0 Å². The molecule has 3 rings (SSSR count). The summed E-state index contributed by atoms with van der Waals surface area (Å²) in [4.78, 5) is 32.8. The molecule has 1 amide bonds. The van der Waals surface area contributed by atoms with E-state index >= 15 is 0 Å². The van der Waals surface area contributed by atoms with Gasteiger partial charge in [0, 0.05) is 33.7 Å². The van der Waals surface area contributed by atoms with Gasteiger partial charge in [-0.25, -0.2) is 4.67 Å². The minimum Gasteiger partial charge on any atom is -0.352 e. The van der Waals surface area contributed by atoms with Crippen molar-refractivity contribution < 1.29 is 18.6 Å². The molecule has 1 aliphatic heterocycles. The van der Waals surface area contributed by atoms with Crippen LogP contribution >= 0.6 is 31.1 Å². The molecule has 11 nitrogen and oxygen atoms in total. The number of nitrogens with one attached hydrogen (secondary N) is 2. The molecule has 0 aromatic carbocycles. The first kappa shape index (κ1) is 31.9. The maximum Gasteiger partial charge on any atom is 0.262 e. The van der Waals surface area contributed by atoms with Crippen LogP contribution in [-0.2, 0) is 18.6 Å². The van der Waals surface area contributed by atoms with Gasteiger partial charge in [0.2, 0.25) is 11.9 Å². The Morgan fingerprint density at radius 1 is 1.38 bits per heavy atom. The van der Waals surface area contributed by atoms with Gasteiger partial charge in [-0.05, 0) is 56.7 Å². The Hall–Kier alpha value is -1.62. The van der Waals surface area contributed by atoms with Crippen LogP contribution in [0.3, 0.4) is 0 Å². The summed E-state index contributed by atoms with van der Waals surface area (Å²) in [6, 6.07) is 2.50. The zero-order valence-electron chi connectivity index (χ0n) is 23.9. The number of hydrogen-bond donors (Lipinski definition) is 2. The molecule has 4 atom stereocenters. The van der Waals surface area contributed by atoms with E-state index < -0.39 is 20.2 Å². The van der Waals surface area contributed by atoms with Crippen LogP contribution in [0.4, 0.5) is 5.95 Å². The predicted molar refractivity (Wildman–Crippen MR) is 160 cm³/mol. The van der Waals surface area contributed by atoms with E-state index in [4.69, 9.17) is 19.0 Å². The van der Waals surface area contributed by atoms with Crippen molar-refractivity contribution in [1.82, 2.24) is 19.2 Å². The third-order valence-corrected chi connectivity index (χ3v) is 9.30. The van der Waals surface area contributed by atoms with Gasteiger partial charge in [0.15, 0.2) is 5.65 Å². The predicted octanol–water partition coefficient (Wildman–Crippen LogP) is 5.67. The summed E-state index contributed by atoms with van der Waals surface area (Å²) in [5, 5.41) is 12.2. The smallest absolute Gasteiger partial charge is 0.262 e. The topological polar surface area (TPSA) is 135 Å². The standard InChI is InChI=1S/C26H40IN6O5P/c1-9-18-19(38-39(36-12-10-11-28)33(15(2)3)16(4)5)13-20(37-18)32-14-17(27)21-22(32)29-25(30-23(21)34)31-24(35)26(6,7)8/h14-16,18-20H,9-10,12-13H2,1-8H3,(H2,29,30,31,34,35)/t18-,19-,20-,39?/m1/s1. The molecule has 3 heterocycles. The van der Waals surface area contributed by atoms with Crippen molar-refractivity contribution in [2.24, 2.45) is 5.41 Å². The first-order valence-electron chi connectivity index (χ1n) is 13.3. The van der Waals surface area contributed by atoms with Crippen LogP contribution in [0.5, 0.6) is 0 Å². The summed E-state index contributed by atoms with van der Waals surface area (Å²) < 4.78 is 24.0. The maximum absolute atomic E-state index is 13.0. The zero-order chi connectivity index (χ0) is 29.1. The Bertz CT molecular complexity index is 1240. The fourth-order valence-electron chi connectivity index (χ4n) is 4.44. The van der Waals surface area contributed by atoms with E-state index in [0.717, 1.165) is 9.99 Å².